The highest BCUT2D eigenvalue weighted by Crippen LogP contribution is 2.27. The van der Waals surface area contributed by atoms with Gasteiger partial charge >= 0.3 is 5.97 Å². The Morgan fingerprint density at radius 1 is 1.14 bits per heavy atom. The standard InChI is InChI=1S/C19H21N3O4SSi/c1-28(2,3)11-8-14-4-6-15(7-5-14)27(25,26)22-13-17-16(20-9-10-21-17)12-18(22)19(23)24/h4-7,9-10,18H,12-13H2,1-3H3,(H,23,24). The molecule has 2 aromatic rings. The molecular weight excluding hydrogens is 394 g/mol. The van der Waals surface area contributed by atoms with Crippen LogP contribution in [-0.2, 0) is 27.8 Å². The number of benzene rings is 1. The van der Waals surface area contributed by atoms with Crippen molar-refractivity contribution in [1.29, 1.82) is 0 Å². The fraction of sp³-hybridized carbons (Fsp3) is 0.316. The number of fused-ring (bicyclic) bond motifs is 1. The van der Waals surface area contributed by atoms with E-state index in [1.807, 2.05) is 0 Å². The number of aromatic nitrogens is 2. The minimum Gasteiger partial charge on any atom is -0.480 e. The third-order valence-corrected chi connectivity index (χ3v) is 6.97. The molecule has 1 aliphatic rings. The van der Waals surface area contributed by atoms with Crippen LogP contribution < -0.4 is 0 Å². The quantitative estimate of drug-likeness (QED) is 0.607. The molecule has 28 heavy (non-hydrogen) atoms. The Balaban J connectivity index is 1.94. The maximum absolute atomic E-state index is 13.1. The molecule has 0 aliphatic carbocycles. The zero-order valence-electron chi connectivity index (χ0n) is 15.9. The minimum atomic E-state index is -4.01. The Bertz CT molecular complexity index is 1070. The number of hydrogen-bond acceptors (Lipinski definition) is 5. The highest BCUT2D eigenvalue weighted by molar-refractivity contribution is 7.89. The molecule has 0 amide bonds. The number of carbonyl (C=O) groups is 1. The second-order valence-corrected chi connectivity index (χ2v) is 14.2. The second kappa shape index (κ2) is 7.47. The molecule has 1 N–H and O–H groups in total. The number of carboxylic acid groups (broad SMARTS) is 1. The normalized spacial score (nSPS) is 17.3. The smallest absolute Gasteiger partial charge is 0.322 e. The molecule has 146 valence electrons. The van der Waals surface area contributed by atoms with Crippen molar-refractivity contribution in [2.24, 2.45) is 0 Å². The molecule has 0 radical (unpaired) electrons. The monoisotopic (exact) mass is 415 g/mol. The van der Waals surface area contributed by atoms with Gasteiger partial charge in [0.2, 0.25) is 10.0 Å². The maximum Gasteiger partial charge on any atom is 0.322 e. The number of aliphatic carboxylic acids is 1. The zero-order valence-corrected chi connectivity index (χ0v) is 17.7. The van der Waals surface area contributed by atoms with Crippen molar-refractivity contribution in [1.82, 2.24) is 14.3 Å². The molecule has 0 bridgehead atoms. The molecule has 1 aromatic heterocycles. The van der Waals surface area contributed by atoms with Crippen LogP contribution in [0.25, 0.3) is 0 Å². The third kappa shape index (κ3) is 4.30. The second-order valence-electron chi connectivity index (χ2n) is 7.58. The summed E-state index contributed by atoms with van der Waals surface area (Å²) in [7, 11) is -5.55. The summed E-state index contributed by atoms with van der Waals surface area (Å²) in [6.07, 6.45) is 2.93. The Morgan fingerprint density at radius 3 is 2.32 bits per heavy atom. The van der Waals surface area contributed by atoms with Crippen LogP contribution in [0.4, 0.5) is 0 Å². The van der Waals surface area contributed by atoms with Crippen molar-refractivity contribution in [2.75, 3.05) is 0 Å². The lowest BCUT2D eigenvalue weighted by Crippen LogP contribution is -2.49. The molecule has 1 atom stereocenters. The molecule has 2 heterocycles. The van der Waals surface area contributed by atoms with E-state index in [-0.39, 0.29) is 17.9 Å². The van der Waals surface area contributed by atoms with E-state index in [1.165, 1.54) is 24.5 Å². The van der Waals surface area contributed by atoms with Crippen LogP contribution in [0, 0.1) is 11.5 Å². The fourth-order valence-corrected chi connectivity index (χ4v) is 4.87. The van der Waals surface area contributed by atoms with Gasteiger partial charge in [0.25, 0.3) is 0 Å². The number of nitrogens with zero attached hydrogens (tertiary/aromatic N) is 3. The highest BCUT2D eigenvalue weighted by Gasteiger charge is 2.40. The lowest BCUT2D eigenvalue weighted by molar-refractivity contribution is -0.141. The molecule has 1 aromatic carbocycles. The molecule has 0 saturated heterocycles. The van der Waals surface area contributed by atoms with Gasteiger partial charge in [-0.2, -0.15) is 4.31 Å². The Labute approximate surface area is 165 Å². The van der Waals surface area contributed by atoms with Crippen LogP contribution in [0.1, 0.15) is 17.0 Å². The van der Waals surface area contributed by atoms with Crippen molar-refractivity contribution in [3.05, 3.63) is 53.6 Å². The average Bonchev–Trinajstić information content (AvgIpc) is 2.65. The first kappa shape index (κ1) is 20.2. The van der Waals surface area contributed by atoms with Crippen molar-refractivity contribution in [3.8, 4) is 11.5 Å². The molecule has 0 saturated carbocycles. The predicted octanol–water partition coefficient (Wildman–Crippen LogP) is 1.91. The van der Waals surface area contributed by atoms with Crippen LogP contribution in [-0.4, -0.2) is 47.9 Å². The lowest BCUT2D eigenvalue weighted by Gasteiger charge is -2.32. The van der Waals surface area contributed by atoms with E-state index in [1.54, 1.807) is 12.1 Å². The van der Waals surface area contributed by atoms with Gasteiger partial charge in [0.15, 0.2) is 0 Å². The Kier molecular flexibility index (Phi) is 5.39. The van der Waals surface area contributed by atoms with Gasteiger partial charge in [0, 0.05) is 24.4 Å². The lowest BCUT2D eigenvalue weighted by atomic mass is 10.1. The van der Waals surface area contributed by atoms with E-state index < -0.39 is 30.1 Å². The van der Waals surface area contributed by atoms with Crippen LogP contribution in [0.15, 0.2) is 41.6 Å². The molecule has 0 fully saturated rings. The van der Waals surface area contributed by atoms with Gasteiger partial charge in [-0.3, -0.25) is 14.8 Å². The number of hydrogen-bond donors (Lipinski definition) is 1. The molecule has 0 spiro atoms. The van der Waals surface area contributed by atoms with Crippen molar-refractivity contribution in [3.63, 3.8) is 0 Å². The highest BCUT2D eigenvalue weighted by atomic mass is 32.2. The molecule has 9 heteroatoms. The van der Waals surface area contributed by atoms with Crippen molar-refractivity contribution < 1.29 is 18.3 Å². The van der Waals surface area contributed by atoms with E-state index in [0.717, 1.165) is 9.87 Å². The summed E-state index contributed by atoms with van der Waals surface area (Å²) in [5.41, 5.74) is 4.94. The van der Waals surface area contributed by atoms with Crippen LogP contribution in [0.2, 0.25) is 19.6 Å². The zero-order chi connectivity index (χ0) is 20.5. The average molecular weight is 416 g/mol. The fourth-order valence-electron chi connectivity index (χ4n) is 2.81. The van der Waals surface area contributed by atoms with Gasteiger partial charge in [-0.1, -0.05) is 25.6 Å². The van der Waals surface area contributed by atoms with Gasteiger partial charge in [-0.25, -0.2) is 8.42 Å². The van der Waals surface area contributed by atoms with E-state index in [2.05, 4.69) is 41.1 Å². The molecule has 1 aliphatic heterocycles. The van der Waals surface area contributed by atoms with Crippen LogP contribution in [0.3, 0.4) is 0 Å². The van der Waals surface area contributed by atoms with E-state index in [9.17, 15) is 18.3 Å². The van der Waals surface area contributed by atoms with Crippen molar-refractivity contribution in [2.45, 2.75) is 43.5 Å². The Hall–Kier alpha value is -2.54. The summed E-state index contributed by atoms with van der Waals surface area (Å²) in [5, 5.41) is 9.57. The first-order chi connectivity index (χ1) is 13.1. The summed E-state index contributed by atoms with van der Waals surface area (Å²) in [4.78, 5) is 20.0. The first-order valence-electron chi connectivity index (χ1n) is 8.74. The molecule has 3 rings (SSSR count). The number of rotatable bonds is 3. The summed E-state index contributed by atoms with van der Waals surface area (Å²) < 4.78 is 27.2. The molecule has 1 unspecified atom stereocenters. The molecule has 7 nitrogen and oxygen atoms in total. The van der Waals surface area contributed by atoms with E-state index in [4.69, 9.17) is 0 Å². The van der Waals surface area contributed by atoms with Gasteiger partial charge in [0.05, 0.1) is 22.8 Å². The third-order valence-electron chi connectivity index (χ3n) is 4.23. The summed E-state index contributed by atoms with van der Waals surface area (Å²) >= 11 is 0. The van der Waals surface area contributed by atoms with Gasteiger partial charge in [-0.05, 0) is 24.3 Å². The van der Waals surface area contributed by atoms with Crippen molar-refractivity contribution >= 4 is 24.1 Å². The number of sulfonamides is 1. The Morgan fingerprint density at radius 2 is 1.75 bits per heavy atom. The summed E-state index contributed by atoms with van der Waals surface area (Å²) in [6, 6.07) is 5.00. The largest absolute Gasteiger partial charge is 0.480 e. The van der Waals surface area contributed by atoms with E-state index >= 15 is 0 Å². The molecular formula is C19H21N3O4SSi. The van der Waals surface area contributed by atoms with E-state index in [0.29, 0.717) is 11.4 Å². The minimum absolute atomic E-state index is 0.0164. The summed E-state index contributed by atoms with van der Waals surface area (Å²) in [5.74, 6) is 1.86. The SMILES string of the molecule is C[Si](C)(C)C#Cc1ccc(S(=O)(=O)N2Cc3nccnc3CC2C(=O)O)cc1. The summed E-state index contributed by atoms with van der Waals surface area (Å²) in [6.45, 7) is 6.26. The van der Waals surface area contributed by atoms with Gasteiger partial charge in [0.1, 0.15) is 14.1 Å². The van der Waals surface area contributed by atoms with Gasteiger partial charge < -0.3 is 5.11 Å². The van der Waals surface area contributed by atoms with Gasteiger partial charge in [-0.15, -0.1) is 5.54 Å². The van der Waals surface area contributed by atoms with Crippen LogP contribution in [0.5, 0.6) is 0 Å². The maximum atomic E-state index is 13.1. The topological polar surface area (TPSA) is 100 Å². The first-order valence-corrected chi connectivity index (χ1v) is 13.7. The predicted molar refractivity (Wildman–Crippen MR) is 107 cm³/mol. The van der Waals surface area contributed by atoms with Crippen LogP contribution >= 0.6 is 0 Å². The number of carboxylic acids is 1.